The Hall–Kier alpha value is -2.15. The van der Waals surface area contributed by atoms with Crippen LogP contribution in [0, 0.1) is 0 Å². The lowest BCUT2D eigenvalue weighted by molar-refractivity contribution is 0.601. The van der Waals surface area contributed by atoms with Gasteiger partial charge in [-0.1, -0.05) is 0 Å². The number of rotatable bonds is 4. The fraction of sp³-hybridized carbons (Fsp3) is 0.0909. The highest BCUT2D eigenvalue weighted by Crippen LogP contribution is 2.21. The number of nitrogens with one attached hydrogen (secondary N) is 2. The van der Waals surface area contributed by atoms with Crippen molar-refractivity contribution >= 4 is 21.4 Å². The van der Waals surface area contributed by atoms with Crippen molar-refractivity contribution in [1.82, 2.24) is 9.97 Å². The van der Waals surface area contributed by atoms with Crippen molar-refractivity contribution in [3.8, 4) is 0 Å². The molecule has 0 atom stereocenters. The number of hydrogen-bond acceptors (Lipinski definition) is 5. The summed E-state index contributed by atoms with van der Waals surface area (Å²) in [7, 11) is -2.02. The Bertz CT molecular complexity index is 629. The Labute approximate surface area is 105 Å². The maximum absolute atomic E-state index is 12.2. The van der Waals surface area contributed by atoms with E-state index in [1.165, 1.54) is 18.6 Å². The second kappa shape index (κ2) is 5.01. The van der Waals surface area contributed by atoms with Crippen LogP contribution in [0.4, 0.5) is 11.4 Å². The van der Waals surface area contributed by atoms with Crippen LogP contribution < -0.4 is 10.0 Å². The van der Waals surface area contributed by atoms with Crippen LogP contribution >= 0.6 is 0 Å². The lowest BCUT2D eigenvalue weighted by Crippen LogP contribution is -2.15. The van der Waals surface area contributed by atoms with Crippen molar-refractivity contribution in [1.29, 1.82) is 0 Å². The predicted octanol–water partition coefficient (Wildman–Crippen LogP) is 1.32. The molecule has 0 aromatic carbocycles. The molecule has 0 radical (unpaired) electrons. The number of sulfonamides is 1. The van der Waals surface area contributed by atoms with Crippen LogP contribution in [0.15, 0.2) is 47.9 Å². The molecule has 0 saturated heterocycles. The smallest absolute Gasteiger partial charge is 0.265 e. The second-order valence-corrected chi connectivity index (χ2v) is 5.12. The summed E-state index contributed by atoms with van der Waals surface area (Å²) in [5, 5.41) is 2.81. The van der Waals surface area contributed by atoms with Crippen LogP contribution in [0.25, 0.3) is 0 Å². The molecule has 0 aliphatic rings. The van der Waals surface area contributed by atoms with Gasteiger partial charge in [0, 0.05) is 25.6 Å². The Morgan fingerprint density at radius 2 is 1.89 bits per heavy atom. The summed E-state index contributed by atoms with van der Waals surface area (Å²) in [5.74, 6) is 0. The van der Waals surface area contributed by atoms with E-state index in [9.17, 15) is 8.42 Å². The van der Waals surface area contributed by atoms with Crippen molar-refractivity contribution in [3.63, 3.8) is 0 Å². The molecule has 0 fully saturated rings. The molecule has 0 bridgehead atoms. The highest BCUT2D eigenvalue weighted by atomic mass is 32.2. The minimum absolute atomic E-state index is 0.0938. The van der Waals surface area contributed by atoms with Crippen molar-refractivity contribution in [2.75, 3.05) is 17.1 Å². The van der Waals surface area contributed by atoms with E-state index in [0.717, 1.165) is 0 Å². The molecule has 6 nitrogen and oxygen atoms in total. The second-order valence-electron chi connectivity index (χ2n) is 3.47. The number of nitrogens with zero attached hydrogens (tertiary/aromatic N) is 2. The predicted molar refractivity (Wildman–Crippen MR) is 68.8 cm³/mol. The maximum atomic E-state index is 12.2. The first-order chi connectivity index (χ1) is 8.63. The third kappa shape index (κ3) is 2.57. The number of anilines is 2. The largest absolute Gasteiger partial charge is 0.387 e. The fourth-order valence-electron chi connectivity index (χ4n) is 1.43. The topological polar surface area (TPSA) is 84.0 Å². The van der Waals surface area contributed by atoms with Gasteiger partial charge in [0.25, 0.3) is 10.0 Å². The van der Waals surface area contributed by atoms with E-state index in [4.69, 9.17) is 0 Å². The van der Waals surface area contributed by atoms with Gasteiger partial charge in [-0.3, -0.25) is 14.7 Å². The zero-order valence-corrected chi connectivity index (χ0v) is 10.5. The van der Waals surface area contributed by atoms with Crippen LogP contribution in [-0.4, -0.2) is 25.4 Å². The van der Waals surface area contributed by atoms with E-state index in [1.807, 2.05) is 0 Å². The number of hydrogen-bond donors (Lipinski definition) is 2. The normalized spacial score (nSPS) is 10.9. The third-order valence-corrected chi connectivity index (χ3v) is 3.67. The van der Waals surface area contributed by atoms with Crippen LogP contribution in [0.2, 0.25) is 0 Å². The lowest BCUT2D eigenvalue weighted by atomic mass is 10.4. The molecule has 0 aliphatic heterocycles. The van der Waals surface area contributed by atoms with Gasteiger partial charge >= 0.3 is 0 Å². The molecule has 2 rings (SSSR count). The molecule has 2 N–H and O–H groups in total. The molecule has 2 heterocycles. The van der Waals surface area contributed by atoms with E-state index < -0.39 is 10.0 Å². The van der Waals surface area contributed by atoms with Crippen molar-refractivity contribution in [2.45, 2.75) is 4.90 Å². The van der Waals surface area contributed by atoms with E-state index in [2.05, 4.69) is 20.0 Å². The van der Waals surface area contributed by atoms with Gasteiger partial charge in [0.1, 0.15) is 4.90 Å². The van der Waals surface area contributed by atoms with E-state index in [0.29, 0.717) is 11.4 Å². The molecule has 0 amide bonds. The molecule has 2 aromatic rings. The van der Waals surface area contributed by atoms with E-state index in [1.54, 1.807) is 31.4 Å². The minimum atomic E-state index is -3.67. The first-order valence-corrected chi connectivity index (χ1v) is 6.66. The molecule has 7 heteroatoms. The van der Waals surface area contributed by atoms with Crippen LogP contribution in [-0.2, 0) is 10.0 Å². The fourth-order valence-corrected chi connectivity index (χ4v) is 2.63. The maximum Gasteiger partial charge on any atom is 0.265 e. The standard InChI is InChI=1S/C11H12N4O2S/c1-12-10-4-6-14-8-11(10)18(16,17)15-9-3-2-5-13-7-9/h2-8,15H,1H3,(H,12,14). The average Bonchev–Trinajstić information content (AvgIpc) is 2.39. The van der Waals surface area contributed by atoms with Gasteiger partial charge in [-0.2, -0.15) is 0 Å². The molecular formula is C11H12N4O2S. The summed E-state index contributed by atoms with van der Waals surface area (Å²) in [6, 6.07) is 4.87. The van der Waals surface area contributed by atoms with Gasteiger partial charge in [-0.05, 0) is 18.2 Å². The lowest BCUT2D eigenvalue weighted by Gasteiger charge is -2.10. The number of aromatic nitrogens is 2. The highest BCUT2D eigenvalue weighted by Gasteiger charge is 2.18. The van der Waals surface area contributed by atoms with E-state index >= 15 is 0 Å². The van der Waals surface area contributed by atoms with Crippen molar-refractivity contribution in [2.24, 2.45) is 0 Å². The number of pyridine rings is 2. The summed E-state index contributed by atoms with van der Waals surface area (Å²) in [6.07, 6.45) is 5.83. The first kappa shape index (κ1) is 12.3. The molecular weight excluding hydrogens is 252 g/mol. The summed E-state index contributed by atoms with van der Waals surface area (Å²) < 4.78 is 26.8. The zero-order valence-electron chi connectivity index (χ0n) is 9.66. The Balaban J connectivity index is 2.37. The van der Waals surface area contributed by atoms with Crippen molar-refractivity contribution in [3.05, 3.63) is 43.0 Å². The SMILES string of the molecule is CNc1ccncc1S(=O)(=O)Nc1cccnc1. The summed E-state index contributed by atoms with van der Waals surface area (Å²) in [4.78, 5) is 7.77. The van der Waals surface area contributed by atoms with Crippen LogP contribution in [0.5, 0.6) is 0 Å². The van der Waals surface area contributed by atoms with Crippen molar-refractivity contribution < 1.29 is 8.42 Å². The molecule has 0 aliphatic carbocycles. The monoisotopic (exact) mass is 264 g/mol. The molecule has 0 spiro atoms. The Morgan fingerprint density at radius 1 is 1.11 bits per heavy atom. The Morgan fingerprint density at radius 3 is 2.56 bits per heavy atom. The van der Waals surface area contributed by atoms with Gasteiger partial charge in [-0.15, -0.1) is 0 Å². The van der Waals surface area contributed by atoms with Crippen LogP contribution in [0.1, 0.15) is 0 Å². The third-order valence-electron chi connectivity index (χ3n) is 2.26. The summed E-state index contributed by atoms with van der Waals surface area (Å²) in [5.41, 5.74) is 0.893. The van der Waals surface area contributed by atoms with Gasteiger partial charge < -0.3 is 5.32 Å². The first-order valence-electron chi connectivity index (χ1n) is 5.18. The van der Waals surface area contributed by atoms with Gasteiger partial charge in [0.2, 0.25) is 0 Å². The molecule has 2 aromatic heterocycles. The Kier molecular flexibility index (Phi) is 3.42. The molecule has 94 valence electrons. The van der Waals surface area contributed by atoms with Gasteiger partial charge in [0.15, 0.2) is 0 Å². The molecule has 0 unspecified atom stereocenters. The molecule has 18 heavy (non-hydrogen) atoms. The van der Waals surface area contributed by atoms with Gasteiger partial charge in [-0.25, -0.2) is 8.42 Å². The average molecular weight is 264 g/mol. The quantitative estimate of drug-likeness (QED) is 0.870. The van der Waals surface area contributed by atoms with E-state index in [-0.39, 0.29) is 4.90 Å². The summed E-state index contributed by atoms with van der Waals surface area (Å²) >= 11 is 0. The highest BCUT2D eigenvalue weighted by molar-refractivity contribution is 7.92. The zero-order chi connectivity index (χ0) is 13.0. The minimum Gasteiger partial charge on any atom is -0.387 e. The molecule has 0 saturated carbocycles. The summed E-state index contributed by atoms with van der Waals surface area (Å²) in [6.45, 7) is 0. The van der Waals surface area contributed by atoms with Gasteiger partial charge in [0.05, 0.1) is 17.6 Å². The van der Waals surface area contributed by atoms with Crippen LogP contribution in [0.3, 0.4) is 0 Å².